The number of nitrogens with zero attached hydrogens (tertiary/aromatic N) is 2. The topological polar surface area (TPSA) is 6.48 Å². The summed E-state index contributed by atoms with van der Waals surface area (Å²) < 4.78 is 0. The van der Waals surface area contributed by atoms with Crippen molar-refractivity contribution in [3.05, 3.63) is 0 Å². The Morgan fingerprint density at radius 3 is 1.75 bits per heavy atom. The quantitative estimate of drug-likeness (QED) is 0.585. The highest BCUT2D eigenvalue weighted by molar-refractivity contribution is 4.68. The molecule has 0 amide bonds. The van der Waals surface area contributed by atoms with Gasteiger partial charge in [0.1, 0.15) is 0 Å². The Labute approximate surface area is 77.5 Å². The van der Waals surface area contributed by atoms with E-state index >= 15 is 0 Å². The van der Waals surface area contributed by atoms with Crippen LogP contribution < -0.4 is 0 Å². The van der Waals surface area contributed by atoms with Crippen molar-refractivity contribution in [2.75, 3.05) is 20.1 Å². The molecule has 12 heavy (non-hydrogen) atoms. The van der Waals surface area contributed by atoms with Crippen molar-refractivity contribution < 1.29 is 0 Å². The Hall–Kier alpha value is -0.0800. The Balaban J connectivity index is 4.10. The molecule has 0 aromatic heterocycles. The summed E-state index contributed by atoms with van der Waals surface area (Å²) in [5.74, 6) is 0. The fourth-order valence-corrected chi connectivity index (χ4v) is 1.58. The summed E-state index contributed by atoms with van der Waals surface area (Å²) in [5, 5.41) is 0. The molecular weight excluding hydrogens is 148 g/mol. The minimum atomic E-state index is 0.556. The van der Waals surface area contributed by atoms with Crippen LogP contribution in [0.5, 0.6) is 0 Å². The zero-order valence-corrected chi connectivity index (χ0v) is 9.46. The number of hydrogen-bond acceptors (Lipinski definition) is 2. The van der Waals surface area contributed by atoms with E-state index in [0.29, 0.717) is 12.2 Å². The second kappa shape index (κ2) is 5.55. The molecule has 0 saturated carbocycles. The molecule has 0 bridgehead atoms. The van der Waals surface area contributed by atoms with Crippen molar-refractivity contribution in [3.63, 3.8) is 0 Å². The molecule has 0 radical (unpaired) electrons. The maximum absolute atomic E-state index is 2.49. The molecule has 0 fully saturated rings. The van der Waals surface area contributed by atoms with E-state index in [9.17, 15) is 0 Å². The first kappa shape index (κ1) is 11.9. The lowest BCUT2D eigenvalue weighted by Crippen LogP contribution is -2.47. The zero-order valence-electron chi connectivity index (χ0n) is 9.46. The van der Waals surface area contributed by atoms with Gasteiger partial charge in [0.05, 0.1) is 6.17 Å². The molecule has 0 aromatic rings. The Morgan fingerprint density at radius 2 is 1.50 bits per heavy atom. The highest BCUT2D eigenvalue weighted by atomic mass is 15.3. The third kappa shape index (κ3) is 3.11. The minimum absolute atomic E-state index is 0.556. The van der Waals surface area contributed by atoms with E-state index < -0.39 is 0 Å². The Bertz CT molecular complexity index is 112. The molecule has 2 nitrogen and oxygen atoms in total. The van der Waals surface area contributed by atoms with Gasteiger partial charge in [-0.2, -0.15) is 0 Å². The molecule has 0 aromatic carbocycles. The second-order valence-electron chi connectivity index (χ2n) is 3.63. The van der Waals surface area contributed by atoms with Crippen molar-refractivity contribution in [1.29, 1.82) is 0 Å². The molecule has 0 heterocycles. The van der Waals surface area contributed by atoms with Crippen LogP contribution in [0.1, 0.15) is 34.6 Å². The molecule has 0 spiro atoms. The minimum Gasteiger partial charge on any atom is -0.291 e. The third-order valence-electron chi connectivity index (χ3n) is 2.65. The van der Waals surface area contributed by atoms with Crippen molar-refractivity contribution in [2.45, 2.75) is 46.8 Å². The largest absolute Gasteiger partial charge is 0.291 e. The third-order valence-corrected chi connectivity index (χ3v) is 2.65. The Morgan fingerprint density at radius 1 is 1.00 bits per heavy atom. The second-order valence-corrected chi connectivity index (χ2v) is 3.63. The summed E-state index contributed by atoms with van der Waals surface area (Å²) in [7, 11) is 2.18. The monoisotopic (exact) mass is 172 g/mol. The molecule has 1 atom stereocenters. The van der Waals surface area contributed by atoms with Gasteiger partial charge in [-0.15, -0.1) is 0 Å². The van der Waals surface area contributed by atoms with Crippen molar-refractivity contribution in [1.82, 2.24) is 9.80 Å². The van der Waals surface area contributed by atoms with Crippen molar-refractivity contribution >= 4 is 0 Å². The van der Waals surface area contributed by atoms with E-state index in [-0.39, 0.29) is 0 Å². The van der Waals surface area contributed by atoms with Crippen LogP contribution >= 0.6 is 0 Å². The van der Waals surface area contributed by atoms with Gasteiger partial charge in [0.15, 0.2) is 0 Å². The SMILES string of the molecule is CCN(C)C(C)N(CC)C(C)C. The van der Waals surface area contributed by atoms with Crippen LogP contribution in [0.25, 0.3) is 0 Å². The van der Waals surface area contributed by atoms with Crippen LogP contribution in [0.3, 0.4) is 0 Å². The first-order valence-electron chi connectivity index (χ1n) is 5.00. The van der Waals surface area contributed by atoms with Crippen LogP contribution in [0.2, 0.25) is 0 Å². The van der Waals surface area contributed by atoms with Crippen LogP contribution in [0, 0.1) is 0 Å². The van der Waals surface area contributed by atoms with E-state index in [4.69, 9.17) is 0 Å². The summed E-state index contributed by atoms with van der Waals surface area (Å²) in [6.45, 7) is 13.4. The lowest BCUT2D eigenvalue weighted by atomic mass is 10.3. The summed E-state index contributed by atoms with van der Waals surface area (Å²) in [5.41, 5.74) is 0. The van der Waals surface area contributed by atoms with Gasteiger partial charge >= 0.3 is 0 Å². The molecule has 0 aliphatic rings. The van der Waals surface area contributed by atoms with Crippen molar-refractivity contribution in [2.24, 2.45) is 0 Å². The lowest BCUT2D eigenvalue weighted by Gasteiger charge is -2.36. The van der Waals surface area contributed by atoms with E-state index in [1.54, 1.807) is 0 Å². The average molecular weight is 172 g/mol. The summed E-state index contributed by atoms with van der Waals surface area (Å²) in [6.07, 6.45) is 0.556. The van der Waals surface area contributed by atoms with Crippen LogP contribution in [-0.4, -0.2) is 42.1 Å². The first-order chi connectivity index (χ1) is 5.54. The standard InChI is InChI=1S/C10H24N2/c1-7-11(6)10(5)12(8-2)9(3)4/h9-10H,7-8H2,1-6H3. The maximum Gasteiger partial charge on any atom is 0.0592 e. The molecule has 0 rings (SSSR count). The van der Waals surface area contributed by atoms with E-state index in [2.05, 4.69) is 51.5 Å². The molecule has 0 aliphatic heterocycles. The molecule has 0 saturated heterocycles. The smallest absolute Gasteiger partial charge is 0.0592 e. The van der Waals surface area contributed by atoms with Gasteiger partial charge in [-0.05, 0) is 40.9 Å². The highest BCUT2D eigenvalue weighted by Gasteiger charge is 2.17. The van der Waals surface area contributed by atoms with Gasteiger partial charge in [-0.25, -0.2) is 0 Å². The lowest BCUT2D eigenvalue weighted by molar-refractivity contribution is 0.0578. The molecule has 2 heteroatoms. The summed E-state index contributed by atoms with van der Waals surface area (Å²) in [6, 6.07) is 0.638. The summed E-state index contributed by atoms with van der Waals surface area (Å²) >= 11 is 0. The van der Waals surface area contributed by atoms with Crippen LogP contribution in [0.15, 0.2) is 0 Å². The molecule has 0 aliphatic carbocycles. The van der Waals surface area contributed by atoms with Crippen molar-refractivity contribution in [3.8, 4) is 0 Å². The number of rotatable bonds is 5. The molecule has 1 unspecified atom stereocenters. The van der Waals surface area contributed by atoms with E-state index in [1.165, 1.54) is 0 Å². The van der Waals surface area contributed by atoms with E-state index in [1.807, 2.05) is 0 Å². The zero-order chi connectivity index (χ0) is 9.72. The van der Waals surface area contributed by atoms with Gasteiger partial charge in [0.2, 0.25) is 0 Å². The summed E-state index contributed by atoms with van der Waals surface area (Å²) in [4.78, 5) is 4.85. The molecule has 74 valence electrons. The van der Waals surface area contributed by atoms with Gasteiger partial charge in [-0.3, -0.25) is 9.80 Å². The predicted molar refractivity (Wildman–Crippen MR) is 55.3 cm³/mol. The highest BCUT2D eigenvalue weighted by Crippen LogP contribution is 2.07. The van der Waals surface area contributed by atoms with Gasteiger partial charge < -0.3 is 0 Å². The predicted octanol–water partition coefficient (Wildman–Crippen LogP) is 2.01. The van der Waals surface area contributed by atoms with Gasteiger partial charge in [0.25, 0.3) is 0 Å². The molecular formula is C10H24N2. The van der Waals surface area contributed by atoms with E-state index in [0.717, 1.165) is 13.1 Å². The first-order valence-corrected chi connectivity index (χ1v) is 5.00. The number of hydrogen-bond donors (Lipinski definition) is 0. The maximum atomic E-state index is 2.49. The van der Waals surface area contributed by atoms with Gasteiger partial charge in [0, 0.05) is 6.04 Å². The van der Waals surface area contributed by atoms with Gasteiger partial charge in [-0.1, -0.05) is 13.8 Å². The average Bonchev–Trinajstić information content (AvgIpc) is 2.03. The van der Waals surface area contributed by atoms with Crippen LogP contribution in [0.4, 0.5) is 0 Å². The van der Waals surface area contributed by atoms with Crippen LogP contribution in [-0.2, 0) is 0 Å². The normalized spacial score (nSPS) is 14.8. The Kier molecular flexibility index (Phi) is 5.51. The molecule has 0 N–H and O–H groups in total. The fraction of sp³-hybridized carbons (Fsp3) is 1.00. The fourth-order valence-electron chi connectivity index (χ4n) is 1.58.